The SMILES string of the molecule is COC(=O)C1C(C)C(=O)NC(=O)N1CC(C)C=O. The van der Waals surface area contributed by atoms with Gasteiger partial charge in [0.2, 0.25) is 5.91 Å². The number of hydrogen-bond donors (Lipinski definition) is 1. The van der Waals surface area contributed by atoms with E-state index in [1.807, 2.05) is 0 Å². The molecule has 1 aliphatic rings. The Morgan fingerprint density at radius 1 is 1.56 bits per heavy atom. The number of aldehydes is 1. The maximum absolute atomic E-state index is 11.7. The molecule has 0 aliphatic carbocycles. The zero-order valence-corrected chi connectivity index (χ0v) is 10.5. The van der Waals surface area contributed by atoms with Crippen LogP contribution in [0.5, 0.6) is 0 Å². The van der Waals surface area contributed by atoms with Gasteiger partial charge in [0.15, 0.2) is 0 Å². The van der Waals surface area contributed by atoms with Crippen LogP contribution in [0.15, 0.2) is 0 Å². The second-order valence-corrected chi connectivity index (χ2v) is 4.32. The molecule has 1 rings (SSSR count). The summed E-state index contributed by atoms with van der Waals surface area (Å²) >= 11 is 0. The molecule has 3 amide bonds. The molecule has 0 saturated carbocycles. The van der Waals surface area contributed by atoms with Gasteiger partial charge in [0.05, 0.1) is 13.0 Å². The van der Waals surface area contributed by atoms with Crippen LogP contribution in [0.2, 0.25) is 0 Å². The summed E-state index contributed by atoms with van der Waals surface area (Å²) in [7, 11) is 1.19. The Balaban J connectivity index is 3.00. The van der Waals surface area contributed by atoms with Crippen LogP contribution in [-0.2, 0) is 19.1 Å². The third-order valence-electron chi connectivity index (χ3n) is 2.87. The molecule has 0 aromatic carbocycles. The Kier molecular flexibility index (Phi) is 4.41. The molecular formula is C11H16N2O5. The molecular weight excluding hydrogens is 240 g/mol. The normalized spacial score (nSPS) is 25.4. The van der Waals surface area contributed by atoms with Crippen LogP contribution in [-0.4, -0.2) is 48.8 Å². The fraction of sp³-hybridized carbons (Fsp3) is 0.636. The lowest BCUT2D eigenvalue weighted by atomic mass is 9.96. The van der Waals surface area contributed by atoms with Gasteiger partial charge < -0.3 is 14.4 Å². The smallest absolute Gasteiger partial charge is 0.329 e. The van der Waals surface area contributed by atoms with Crippen molar-refractivity contribution in [2.45, 2.75) is 19.9 Å². The number of nitrogens with one attached hydrogen (secondary N) is 1. The van der Waals surface area contributed by atoms with Gasteiger partial charge in [-0.3, -0.25) is 10.1 Å². The average molecular weight is 256 g/mol. The van der Waals surface area contributed by atoms with Gasteiger partial charge in [-0.1, -0.05) is 13.8 Å². The van der Waals surface area contributed by atoms with Crippen molar-refractivity contribution in [1.82, 2.24) is 10.2 Å². The average Bonchev–Trinajstić information content (AvgIpc) is 2.35. The summed E-state index contributed by atoms with van der Waals surface area (Å²) in [6.07, 6.45) is 0.683. The molecule has 1 saturated heterocycles. The van der Waals surface area contributed by atoms with Crippen molar-refractivity contribution in [3.05, 3.63) is 0 Å². The van der Waals surface area contributed by atoms with E-state index in [2.05, 4.69) is 10.1 Å². The molecule has 1 N–H and O–H groups in total. The van der Waals surface area contributed by atoms with Gasteiger partial charge in [-0.15, -0.1) is 0 Å². The van der Waals surface area contributed by atoms with Crippen LogP contribution in [0, 0.1) is 11.8 Å². The summed E-state index contributed by atoms with van der Waals surface area (Å²) in [5.74, 6) is -2.33. The molecule has 18 heavy (non-hydrogen) atoms. The minimum Gasteiger partial charge on any atom is -0.467 e. The Hall–Kier alpha value is -1.92. The molecule has 3 unspecified atom stereocenters. The summed E-state index contributed by atoms with van der Waals surface area (Å²) in [5, 5.41) is 2.14. The van der Waals surface area contributed by atoms with E-state index in [9.17, 15) is 19.2 Å². The van der Waals surface area contributed by atoms with Crippen molar-refractivity contribution in [1.29, 1.82) is 0 Å². The van der Waals surface area contributed by atoms with Crippen molar-refractivity contribution < 1.29 is 23.9 Å². The first-order chi connectivity index (χ1) is 8.42. The van der Waals surface area contributed by atoms with Gasteiger partial charge in [0, 0.05) is 12.5 Å². The van der Waals surface area contributed by atoms with Crippen LogP contribution in [0.3, 0.4) is 0 Å². The fourth-order valence-corrected chi connectivity index (χ4v) is 1.83. The third kappa shape index (κ3) is 2.66. The van der Waals surface area contributed by atoms with E-state index in [0.717, 1.165) is 4.90 Å². The highest BCUT2D eigenvalue weighted by Crippen LogP contribution is 2.19. The first-order valence-corrected chi connectivity index (χ1v) is 5.57. The predicted octanol–water partition coefficient (Wildman–Crippen LogP) is -0.449. The highest BCUT2D eigenvalue weighted by molar-refractivity contribution is 6.02. The number of carbonyl (C=O) groups is 4. The van der Waals surface area contributed by atoms with E-state index < -0.39 is 35.8 Å². The minimum absolute atomic E-state index is 0.0622. The van der Waals surface area contributed by atoms with Crippen LogP contribution in [0.25, 0.3) is 0 Å². The summed E-state index contributed by atoms with van der Waals surface area (Å²) in [6, 6.07) is -1.67. The number of ether oxygens (including phenoxy) is 1. The quantitative estimate of drug-likeness (QED) is 0.543. The van der Waals surface area contributed by atoms with Gasteiger partial charge in [-0.05, 0) is 0 Å². The number of urea groups is 1. The molecule has 0 spiro atoms. The summed E-state index contributed by atoms with van der Waals surface area (Å²) < 4.78 is 4.60. The first-order valence-electron chi connectivity index (χ1n) is 5.57. The first kappa shape index (κ1) is 14.1. The topological polar surface area (TPSA) is 92.8 Å². The lowest BCUT2D eigenvalue weighted by Gasteiger charge is -2.37. The van der Waals surface area contributed by atoms with Crippen molar-refractivity contribution in [2.75, 3.05) is 13.7 Å². The second kappa shape index (κ2) is 5.61. The van der Waals surface area contributed by atoms with E-state index in [4.69, 9.17) is 0 Å². The van der Waals surface area contributed by atoms with Gasteiger partial charge in [-0.2, -0.15) is 0 Å². The largest absolute Gasteiger partial charge is 0.467 e. The van der Waals surface area contributed by atoms with E-state index in [0.29, 0.717) is 6.29 Å². The predicted molar refractivity (Wildman–Crippen MR) is 60.4 cm³/mol. The highest BCUT2D eigenvalue weighted by Gasteiger charge is 2.44. The molecule has 3 atom stereocenters. The van der Waals surface area contributed by atoms with Crippen molar-refractivity contribution in [2.24, 2.45) is 11.8 Å². The number of hydrogen-bond acceptors (Lipinski definition) is 5. The molecule has 1 aliphatic heterocycles. The third-order valence-corrected chi connectivity index (χ3v) is 2.87. The summed E-state index contributed by atoms with van der Waals surface area (Å²) in [5.41, 5.74) is 0. The number of methoxy groups -OCH3 is 1. The zero-order chi connectivity index (χ0) is 13.9. The maximum Gasteiger partial charge on any atom is 0.329 e. The molecule has 7 heteroatoms. The van der Waals surface area contributed by atoms with E-state index >= 15 is 0 Å². The van der Waals surface area contributed by atoms with E-state index in [-0.39, 0.29) is 6.54 Å². The minimum atomic E-state index is -0.987. The number of amides is 3. The monoisotopic (exact) mass is 256 g/mol. The van der Waals surface area contributed by atoms with Crippen LogP contribution >= 0.6 is 0 Å². The molecule has 0 bridgehead atoms. The number of nitrogens with zero attached hydrogens (tertiary/aromatic N) is 1. The van der Waals surface area contributed by atoms with E-state index in [1.54, 1.807) is 6.92 Å². The lowest BCUT2D eigenvalue weighted by Crippen LogP contribution is -2.63. The van der Waals surface area contributed by atoms with Crippen LogP contribution in [0.1, 0.15) is 13.8 Å². The lowest BCUT2D eigenvalue weighted by molar-refractivity contribution is -0.152. The van der Waals surface area contributed by atoms with E-state index in [1.165, 1.54) is 14.0 Å². The Morgan fingerprint density at radius 2 is 2.17 bits per heavy atom. The number of carbonyl (C=O) groups excluding carboxylic acids is 4. The molecule has 0 radical (unpaired) electrons. The van der Waals surface area contributed by atoms with Crippen molar-refractivity contribution >= 4 is 24.2 Å². The van der Waals surface area contributed by atoms with Gasteiger partial charge in [0.1, 0.15) is 12.3 Å². The molecule has 7 nitrogen and oxygen atoms in total. The van der Waals surface area contributed by atoms with Gasteiger partial charge >= 0.3 is 12.0 Å². The van der Waals surface area contributed by atoms with Gasteiger partial charge in [0.25, 0.3) is 0 Å². The standard InChI is InChI=1S/C11H16N2O5/c1-6(5-14)4-13-8(10(16)18-3)7(2)9(15)12-11(13)17/h5-8H,4H2,1-3H3,(H,12,15,17). The molecule has 1 fully saturated rings. The number of imide groups is 1. The van der Waals surface area contributed by atoms with Gasteiger partial charge in [-0.25, -0.2) is 9.59 Å². The molecule has 100 valence electrons. The van der Waals surface area contributed by atoms with Crippen molar-refractivity contribution in [3.63, 3.8) is 0 Å². The maximum atomic E-state index is 11.7. The van der Waals surface area contributed by atoms with Crippen LogP contribution < -0.4 is 5.32 Å². The number of esters is 1. The molecule has 0 aromatic heterocycles. The highest BCUT2D eigenvalue weighted by atomic mass is 16.5. The molecule has 1 heterocycles. The summed E-state index contributed by atoms with van der Waals surface area (Å²) in [4.78, 5) is 46.7. The molecule has 0 aromatic rings. The Bertz CT molecular complexity index is 382. The number of rotatable bonds is 4. The van der Waals surface area contributed by atoms with Crippen molar-refractivity contribution in [3.8, 4) is 0 Å². The second-order valence-electron chi connectivity index (χ2n) is 4.32. The Labute approximate surface area is 104 Å². The summed E-state index contributed by atoms with van der Waals surface area (Å²) in [6.45, 7) is 3.21. The fourth-order valence-electron chi connectivity index (χ4n) is 1.83. The Morgan fingerprint density at radius 3 is 2.67 bits per heavy atom. The van der Waals surface area contributed by atoms with Crippen LogP contribution in [0.4, 0.5) is 4.79 Å². The zero-order valence-electron chi connectivity index (χ0n) is 10.5.